The number of phenols is 1. The Kier molecular flexibility index (Phi) is 7.46. The third kappa shape index (κ3) is 5.49. The van der Waals surface area contributed by atoms with E-state index in [2.05, 4.69) is 42.1 Å². The van der Waals surface area contributed by atoms with Gasteiger partial charge in [0, 0.05) is 11.8 Å². The first-order valence-electron chi connectivity index (χ1n) is 13.0. The minimum atomic E-state index is -1.08. The van der Waals surface area contributed by atoms with Crippen LogP contribution in [0.1, 0.15) is 38.2 Å². The summed E-state index contributed by atoms with van der Waals surface area (Å²) in [5.41, 5.74) is 6.42. The van der Waals surface area contributed by atoms with Crippen LogP contribution in [0.25, 0.3) is 16.9 Å². The standard InChI is InChI=1S/C33H29N3O4/c1-21-14-15-22(2)25(18-21)17-16-24-10-7-13-29(31(24)37)34-20-28-30(23-8-4-3-5-9-23)35-36(32(28)38)27-12-6-11-26(19-27)33(39)40/h3-15,18-20,35,37H,16-17H2,1-2H3,(H,39,40). The molecule has 1 heterocycles. The average Bonchev–Trinajstić information content (AvgIpc) is 3.29. The van der Waals surface area contributed by atoms with Crippen LogP contribution in [0.2, 0.25) is 0 Å². The smallest absolute Gasteiger partial charge is 0.335 e. The van der Waals surface area contributed by atoms with Crippen LogP contribution in [0, 0.1) is 13.8 Å². The van der Waals surface area contributed by atoms with Gasteiger partial charge in [0.2, 0.25) is 0 Å². The van der Waals surface area contributed by atoms with Crippen LogP contribution >= 0.6 is 0 Å². The Morgan fingerprint density at radius 2 is 1.65 bits per heavy atom. The molecule has 5 rings (SSSR count). The summed E-state index contributed by atoms with van der Waals surface area (Å²) in [6.07, 6.45) is 2.87. The van der Waals surface area contributed by atoms with E-state index < -0.39 is 11.5 Å². The summed E-state index contributed by atoms with van der Waals surface area (Å²) >= 11 is 0. The number of hydrogen-bond acceptors (Lipinski definition) is 4. The molecule has 0 aliphatic heterocycles. The van der Waals surface area contributed by atoms with Crippen molar-refractivity contribution >= 4 is 17.9 Å². The molecule has 7 nitrogen and oxygen atoms in total. The largest absolute Gasteiger partial charge is 0.505 e. The highest BCUT2D eigenvalue weighted by molar-refractivity contribution is 5.91. The quantitative estimate of drug-likeness (QED) is 0.202. The first-order chi connectivity index (χ1) is 19.3. The first kappa shape index (κ1) is 26.4. The zero-order valence-corrected chi connectivity index (χ0v) is 22.3. The Morgan fingerprint density at radius 1 is 0.900 bits per heavy atom. The number of H-pyrrole nitrogens is 1. The minimum Gasteiger partial charge on any atom is -0.505 e. The summed E-state index contributed by atoms with van der Waals surface area (Å²) in [7, 11) is 0. The van der Waals surface area contributed by atoms with E-state index in [9.17, 15) is 19.8 Å². The van der Waals surface area contributed by atoms with Gasteiger partial charge in [-0.2, -0.15) is 0 Å². The maximum Gasteiger partial charge on any atom is 0.335 e. The second-order valence-electron chi connectivity index (χ2n) is 9.74. The summed E-state index contributed by atoms with van der Waals surface area (Å²) in [6, 6.07) is 27.3. The molecule has 200 valence electrons. The van der Waals surface area contributed by atoms with Crippen LogP contribution in [0.4, 0.5) is 5.69 Å². The van der Waals surface area contributed by atoms with Gasteiger partial charge in [-0.3, -0.25) is 14.9 Å². The number of hydrogen-bond donors (Lipinski definition) is 3. The van der Waals surface area contributed by atoms with Crippen molar-refractivity contribution in [1.29, 1.82) is 0 Å². The number of nitrogens with one attached hydrogen (secondary N) is 1. The molecule has 1 aromatic heterocycles. The van der Waals surface area contributed by atoms with E-state index in [4.69, 9.17) is 0 Å². The van der Waals surface area contributed by atoms with E-state index in [1.165, 1.54) is 39.7 Å². The number of aromatic carboxylic acids is 1. The lowest BCUT2D eigenvalue weighted by molar-refractivity contribution is 0.0697. The van der Waals surface area contributed by atoms with Gasteiger partial charge in [-0.25, -0.2) is 9.48 Å². The summed E-state index contributed by atoms with van der Waals surface area (Å²) in [5, 5.41) is 23.6. The van der Waals surface area contributed by atoms with Crippen molar-refractivity contribution in [3.63, 3.8) is 0 Å². The number of aromatic nitrogens is 2. The number of carboxylic acid groups (broad SMARTS) is 1. The number of rotatable bonds is 8. The normalized spacial score (nSPS) is 11.2. The Hall–Kier alpha value is -5.17. The number of carbonyl (C=O) groups is 1. The number of phenolic OH excluding ortho intramolecular Hbond substituents is 1. The van der Waals surface area contributed by atoms with Gasteiger partial charge in [-0.05, 0) is 67.6 Å². The maximum absolute atomic E-state index is 13.6. The summed E-state index contributed by atoms with van der Waals surface area (Å²) in [4.78, 5) is 29.6. The molecule has 0 saturated carbocycles. The molecule has 5 aromatic rings. The molecule has 0 amide bonds. The van der Waals surface area contributed by atoms with E-state index >= 15 is 0 Å². The van der Waals surface area contributed by atoms with Crippen LogP contribution < -0.4 is 5.56 Å². The Labute approximate surface area is 231 Å². The van der Waals surface area contributed by atoms with Gasteiger partial charge in [0.1, 0.15) is 11.4 Å². The monoisotopic (exact) mass is 531 g/mol. The molecule has 0 spiro atoms. The lowest BCUT2D eigenvalue weighted by Crippen LogP contribution is -2.17. The van der Waals surface area contributed by atoms with Gasteiger partial charge in [-0.1, -0.05) is 72.3 Å². The number of para-hydroxylation sites is 1. The topological polar surface area (TPSA) is 108 Å². The third-order valence-electron chi connectivity index (χ3n) is 6.94. The van der Waals surface area contributed by atoms with E-state index in [1.807, 2.05) is 42.5 Å². The number of aliphatic imine (C=N–C) groups is 1. The van der Waals surface area contributed by atoms with E-state index in [-0.39, 0.29) is 16.9 Å². The molecule has 0 aliphatic carbocycles. The van der Waals surface area contributed by atoms with Gasteiger partial charge in [-0.15, -0.1) is 0 Å². The van der Waals surface area contributed by atoms with Crippen molar-refractivity contribution in [2.24, 2.45) is 4.99 Å². The fourth-order valence-corrected chi connectivity index (χ4v) is 4.71. The Morgan fingerprint density at radius 3 is 2.42 bits per heavy atom. The fourth-order valence-electron chi connectivity index (χ4n) is 4.71. The molecular weight excluding hydrogens is 502 g/mol. The number of nitrogens with zero attached hydrogens (tertiary/aromatic N) is 2. The molecular formula is C33H29N3O4. The zero-order valence-electron chi connectivity index (χ0n) is 22.3. The number of carboxylic acids is 1. The predicted octanol–water partition coefficient (Wildman–Crippen LogP) is 6.39. The van der Waals surface area contributed by atoms with Gasteiger partial charge >= 0.3 is 5.97 Å². The Bertz CT molecular complexity index is 1780. The molecule has 0 aliphatic rings. The number of aromatic hydroxyl groups is 1. The fraction of sp³-hybridized carbons (Fsp3) is 0.121. The lowest BCUT2D eigenvalue weighted by atomic mass is 9.98. The second kappa shape index (κ2) is 11.3. The molecule has 0 atom stereocenters. The molecule has 7 heteroatoms. The van der Waals surface area contributed by atoms with Crippen LogP contribution in [-0.2, 0) is 12.8 Å². The molecule has 3 N–H and O–H groups in total. The van der Waals surface area contributed by atoms with E-state index in [0.29, 0.717) is 23.5 Å². The zero-order chi connectivity index (χ0) is 28.2. The molecule has 40 heavy (non-hydrogen) atoms. The first-order valence-corrected chi connectivity index (χ1v) is 13.0. The third-order valence-corrected chi connectivity index (χ3v) is 6.94. The van der Waals surface area contributed by atoms with Crippen molar-refractivity contribution < 1.29 is 15.0 Å². The van der Waals surface area contributed by atoms with E-state index in [0.717, 1.165) is 17.5 Å². The van der Waals surface area contributed by atoms with Crippen LogP contribution in [0.5, 0.6) is 5.75 Å². The predicted molar refractivity (Wildman–Crippen MR) is 157 cm³/mol. The van der Waals surface area contributed by atoms with Crippen molar-refractivity contribution in [2.75, 3.05) is 0 Å². The van der Waals surface area contributed by atoms with Crippen LogP contribution in [0.3, 0.4) is 0 Å². The SMILES string of the molecule is Cc1ccc(C)c(CCc2cccc(N=Cc3c(-c4ccccc4)[nH]n(-c4cccc(C(=O)O)c4)c3=O)c2O)c1. The number of aromatic amines is 1. The highest BCUT2D eigenvalue weighted by Crippen LogP contribution is 2.31. The van der Waals surface area contributed by atoms with Gasteiger partial charge in [0.15, 0.2) is 0 Å². The number of aryl methyl sites for hydroxylation is 4. The maximum atomic E-state index is 13.6. The van der Waals surface area contributed by atoms with Gasteiger partial charge < -0.3 is 10.2 Å². The molecule has 0 saturated heterocycles. The molecule has 4 aromatic carbocycles. The number of benzene rings is 4. The van der Waals surface area contributed by atoms with Crippen LogP contribution in [-0.4, -0.2) is 32.2 Å². The van der Waals surface area contributed by atoms with Gasteiger partial charge in [0.05, 0.1) is 22.5 Å². The molecule has 0 radical (unpaired) electrons. The van der Waals surface area contributed by atoms with Crippen LogP contribution in [0.15, 0.2) is 101 Å². The van der Waals surface area contributed by atoms with E-state index in [1.54, 1.807) is 18.2 Å². The second-order valence-corrected chi connectivity index (χ2v) is 9.74. The lowest BCUT2D eigenvalue weighted by Gasteiger charge is -2.10. The van der Waals surface area contributed by atoms with Gasteiger partial charge in [0.25, 0.3) is 5.56 Å². The summed E-state index contributed by atoms with van der Waals surface area (Å²) in [5.74, 6) is -1.00. The highest BCUT2D eigenvalue weighted by Gasteiger charge is 2.17. The van der Waals surface area contributed by atoms with Crippen molar-refractivity contribution in [2.45, 2.75) is 26.7 Å². The molecule has 0 bridgehead atoms. The average molecular weight is 532 g/mol. The molecule has 0 fully saturated rings. The van der Waals surface area contributed by atoms with Crippen molar-refractivity contribution in [3.8, 4) is 22.7 Å². The highest BCUT2D eigenvalue weighted by atomic mass is 16.4. The summed E-state index contributed by atoms with van der Waals surface area (Å²) in [6.45, 7) is 4.15. The molecule has 0 unspecified atom stereocenters. The van der Waals surface area contributed by atoms with Crippen molar-refractivity contribution in [3.05, 3.63) is 135 Å². The van der Waals surface area contributed by atoms with Crippen molar-refractivity contribution in [1.82, 2.24) is 9.78 Å². The summed E-state index contributed by atoms with van der Waals surface area (Å²) < 4.78 is 1.30. The Balaban J connectivity index is 1.51. The minimum absolute atomic E-state index is 0.0677.